The minimum atomic E-state index is 0. The first-order valence-corrected chi connectivity index (χ1v) is 0. The Morgan fingerprint density at radius 2 is 0.750 bits per heavy atom. The molecule has 0 atom stereocenters. The summed E-state index contributed by atoms with van der Waals surface area (Å²) in [4.78, 5) is 0. The summed E-state index contributed by atoms with van der Waals surface area (Å²) in [7, 11) is 0. The molecule has 0 radical (unpaired) electrons. The monoisotopic (exact) mass is 382 g/mol. The molecule has 0 aliphatic carbocycles. The Kier molecular flexibility index (Phi) is 94.5. The van der Waals surface area contributed by atoms with Crippen molar-refractivity contribution in [2.24, 2.45) is 0 Å². The van der Waals surface area contributed by atoms with E-state index in [0.717, 1.165) is 0 Å². The smallest absolute Gasteiger partial charge is 1.00 e. The van der Waals surface area contributed by atoms with Gasteiger partial charge in [0.1, 0.15) is 0 Å². The van der Waals surface area contributed by atoms with Crippen LogP contribution in [0.1, 0.15) is 0 Å². The molecule has 0 aromatic carbocycles. The molecule has 16 valence electrons. The summed E-state index contributed by atoms with van der Waals surface area (Å²) in [6.07, 6.45) is 0. The molecule has 0 aromatic heterocycles. The maximum absolute atomic E-state index is 0. The molecule has 0 spiro atoms. The predicted molar refractivity (Wildman–Crippen MR) is 11.5 cm³/mol. The van der Waals surface area contributed by atoms with Crippen molar-refractivity contribution in [3.8, 4) is 0 Å². The quantitative estimate of drug-likeness (QED) is 0.289. The average Bonchev–Trinajstić information content (AvgIpc) is 0. The van der Waals surface area contributed by atoms with Crippen molar-refractivity contribution in [2.75, 3.05) is 0 Å². The van der Waals surface area contributed by atoms with Crippen molar-refractivity contribution in [1.29, 1.82) is 0 Å². The van der Waals surface area contributed by atoms with Gasteiger partial charge < -0.3 is 48.0 Å². The van der Waals surface area contributed by atoms with Gasteiger partial charge in [-0.3, -0.25) is 0 Å². The third kappa shape index (κ3) is 9.50. The van der Waals surface area contributed by atoms with Crippen LogP contribution in [0.3, 0.4) is 0 Å². The van der Waals surface area contributed by atoms with E-state index >= 15 is 0 Å². The van der Waals surface area contributed by atoms with Gasteiger partial charge in [-0.2, -0.15) is 0 Å². The Hall–Kier alpha value is 4.20. The van der Waals surface area contributed by atoms with Gasteiger partial charge in [0.2, 0.25) is 0 Å². The molecule has 0 amide bonds. The van der Waals surface area contributed by atoms with Crippen LogP contribution in [0.25, 0.3) is 0 Å². The molecule has 0 N–H and O–H groups in total. The first-order valence-electron chi connectivity index (χ1n) is 0. The van der Waals surface area contributed by atoms with Crippen molar-refractivity contribution in [3.05, 3.63) is 0 Å². The van der Waals surface area contributed by atoms with E-state index in [1.54, 1.807) is 0 Å². The molecular weight excluding hydrogens is 382 g/mol. The summed E-state index contributed by atoms with van der Waals surface area (Å²) in [6.45, 7) is 0. The van der Waals surface area contributed by atoms with E-state index < -0.39 is 0 Å². The van der Waals surface area contributed by atoms with Gasteiger partial charge in [-0.05, 0) is 0 Å². The van der Waals surface area contributed by atoms with Gasteiger partial charge in [-0.25, -0.2) is 0 Å². The summed E-state index contributed by atoms with van der Waals surface area (Å²) in [6, 6.07) is 0. The first-order chi connectivity index (χ1) is 0. The second-order valence-corrected chi connectivity index (χ2v) is 0. The summed E-state index contributed by atoms with van der Waals surface area (Å²) >= 11 is 0. The van der Waals surface area contributed by atoms with E-state index in [9.17, 15) is 0 Å². The van der Waals surface area contributed by atoms with Crippen LogP contribution in [0, 0.1) is 0 Å². The van der Waals surface area contributed by atoms with E-state index in [-0.39, 0.29) is 131 Å². The maximum atomic E-state index is 0. The molecule has 0 bridgehead atoms. The summed E-state index contributed by atoms with van der Waals surface area (Å²) in [5.41, 5.74) is 0. The van der Waals surface area contributed by atoms with Gasteiger partial charge in [-0.15, -0.1) is 0 Å². The fourth-order valence-electron chi connectivity index (χ4n) is 0. The van der Waals surface area contributed by atoms with Gasteiger partial charge in [0.05, 0.1) is 0 Å². The van der Waals surface area contributed by atoms with E-state index in [4.69, 9.17) is 0 Å². The third-order valence-electron chi connectivity index (χ3n) is 0. The summed E-state index contributed by atoms with van der Waals surface area (Å²) in [5, 5.41) is 0. The molecule has 0 nitrogen and oxygen atoms in total. The van der Waals surface area contributed by atoms with Crippen LogP contribution in [-0.4, -0.2) is 83.2 Å². The maximum Gasteiger partial charge on any atom is 2.00 e. The van der Waals surface area contributed by atoms with Crippen LogP contribution in [0.4, 0.5) is 0 Å². The molecule has 4 heavy (non-hydrogen) atoms. The first kappa shape index (κ1) is 24.1. The molecule has 0 saturated carbocycles. The van der Waals surface area contributed by atoms with Crippen molar-refractivity contribution in [3.63, 3.8) is 0 Å². The fourth-order valence-corrected chi connectivity index (χ4v) is 0. The molecule has 0 fully saturated rings. The van der Waals surface area contributed by atoms with Crippen molar-refractivity contribution in [2.45, 2.75) is 0 Å². The van der Waals surface area contributed by atoms with Crippen LogP contribution < -0.4 is 48.0 Å². The summed E-state index contributed by atoms with van der Waals surface area (Å²) < 4.78 is 0. The van der Waals surface area contributed by atoms with Crippen molar-refractivity contribution >= 4 is 83.2 Å². The molecule has 0 heterocycles. The zero-order valence-corrected chi connectivity index (χ0v) is 12.2. The number of rotatable bonds is 0. The van der Waals surface area contributed by atoms with E-state index in [1.165, 1.54) is 0 Å². The Morgan fingerprint density at radius 1 is 0.750 bits per heavy atom. The van der Waals surface area contributed by atoms with Crippen molar-refractivity contribution in [1.82, 2.24) is 0 Å². The van der Waals surface area contributed by atoms with Crippen LogP contribution in [0.2, 0.25) is 0 Å². The second kappa shape index (κ2) is 15.7. The molecule has 4 heteroatoms. The van der Waals surface area contributed by atoms with Gasteiger partial charge in [0.25, 0.3) is 0 Å². The zero-order valence-electron chi connectivity index (χ0n) is 2.17. The van der Waals surface area contributed by atoms with Crippen LogP contribution in [-0.2, 0) is 0 Å². The van der Waals surface area contributed by atoms with Crippen LogP contribution in [0.15, 0.2) is 0 Å². The SMILES string of the molecule is [Ca+2].[I-].[I-].[Sr+2]. The van der Waals surface area contributed by atoms with Crippen LogP contribution in [0.5, 0.6) is 0 Å². The Labute approximate surface area is 127 Å². The Balaban J connectivity index is 0. The Bertz CT molecular complexity index is 6.00. The minimum Gasteiger partial charge on any atom is -1.00 e. The number of hydrogen-bond donors (Lipinski definition) is 0. The predicted octanol–water partition coefficient (Wildman–Crippen LogP) is -6.75. The molecule has 0 unspecified atom stereocenters. The van der Waals surface area contributed by atoms with Gasteiger partial charge in [0.15, 0.2) is 0 Å². The fraction of sp³-hybridized carbons (Fsp3) is 0. The van der Waals surface area contributed by atoms with E-state index in [0.29, 0.717) is 0 Å². The Morgan fingerprint density at radius 3 is 0.750 bits per heavy atom. The van der Waals surface area contributed by atoms with Crippen molar-refractivity contribution < 1.29 is 48.0 Å². The normalized spacial score (nSPS) is 0. The second-order valence-electron chi connectivity index (χ2n) is 0. The average molecular weight is 382 g/mol. The van der Waals surface area contributed by atoms with E-state index in [2.05, 4.69) is 0 Å². The molecular formula is CaI2Sr+2. The molecule has 0 aromatic rings. The molecule has 0 aliphatic heterocycles. The zero-order chi connectivity index (χ0) is 0. The topological polar surface area (TPSA) is 0 Å². The minimum absolute atomic E-state index is 0. The van der Waals surface area contributed by atoms with Gasteiger partial charge >= 0.3 is 83.2 Å². The van der Waals surface area contributed by atoms with Gasteiger partial charge in [-0.1, -0.05) is 0 Å². The van der Waals surface area contributed by atoms with Crippen LogP contribution >= 0.6 is 0 Å². The van der Waals surface area contributed by atoms with E-state index in [1.807, 2.05) is 0 Å². The largest absolute Gasteiger partial charge is 2.00 e. The molecule has 0 rings (SSSR count). The molecule has 0 saturated heterocycles. The van der Waals surface area contributed by atoms with Gasteiger partial charge in [0, 0.05) is 0 Å². The molecule has 0 aliphatic rings. The standard InChI is InChI=1S/Ca.2HI.Sr/h;2*1H;/q+2;;;+2/p-2. The third-order valence-corrected chi connectivity index (χ3v) is 0. The number of hydrogen-bond acceptors (Lipinski definition) is 0. The number of halogens is 2. The summed E-state index contributed by atoms with van der Waals surface area (Å²) in [5.74, 6) is 0.